The maximum absolute atomic E-state index is 12.5. The number of nitrogens with one attached hydrogen (secondary N) is 1. The minimum atomic E-state index is -0.350. The lowest BCUT2D eigenvalue weighted by Gasteiger charge is -2.16. The highest BCUT2D eigenvalue weighted by atomic mass is 16.2. The van der Waals surface area contributed by atoms with E-state index in [1.807, 2.05) is 57.1 Å². The van der Waals surface area contributed by atoms with Crippen molar-refractivity contribution in [2.24, 2.45) is 0 Å². The summed E-state index contributed by atoms with van der Waals surface area (Å²) in [6.07, 6.45) is 1.69. The van der Waals surface area contributed by atoms with Gasteiger partial charge in [-0.15, -0.1) is 0 Å². The van der Waals surface area contributed by atoms with Gasteiger partial charge in [0.1, 0.15) is 5.82 Å². The molecule has 25 heavy (non-hydrogen) atoms. The number of pyridine rings is 2. The summed E-state index contributed by atoms with van der Waals surface area (Å²) >= 11 is 0. The van der Waals surface area contributed by atoms with Crippen LogP contribution in [0.25, 0.3) is 11.0 Å². The molecular weight excluding hydrogens is 316 g/mol. The van der Waals surface area contributed by atoms with E-state index in [-0.39, 0.29) is 11.7 Å². The molecule has 0 aliphatic rings. The van der Waals surface area contributed by atoms with Crippen LogP contribution in [0.15, 0.2) is 30.5 Å². The Kier molecular flexibility index (Phi) is 4.56. The first kappa shape index (κ1) is 16.8. The molecule has 0 aliphatic carbocycles. The molecule has 1 N–H and O–H groups in total. The van der Waals surface area contributed by atoms with Crippen LogP contribution in [0, 0.1) is 13.8 Å². The Bertz CT molecular complexity index is 924. The van der Waals surface area contributed by atoms with Crippen LogP contribution in [0.3, 0.4) is 0 Å². The van der Waals surface area contributed by atoms with E-state index in [1.165, 1.54) is 0 Å². The Balaban J connectivity index is 1.97. The van der Waals surface area contributed by atoms with Gasteiger partial charge in [-0.25, -0.2) is 15.0 Å². The molecule has 0 atom stereocenters. The number of rotatable bonds is 4. The molecule has 1 amide bonds. The van der Waals surface area contributed by atoms with E-state index >= 15 is 0 Å². The Morgan fingerprint density at radius 2 is 1.96 bits per heavy atom. The van der Waals surface area contributed by atoms with Crippen molar-refractivity contribution >= 4 is 22.8 Å². The van der Waals surface area contributed by atoms with E-state index in [0.29, 0.717) is 18.0 Å². The van der Waals surface area contributed by atoms with Gasteiger partial charge in [0.25, 0.3) is 5.91 Å². The standard InChI is InChI=1S/C18H20N6O/c1-11-9-12(2)21-15-14(11)17(24(3)4)23-16(22-15)18(25)20-10-13-7-5-6-8-19-13/h5-9H,10H2,1-4H3,(H,20,25). The van der Waals surface area contributed by atoms with Gasteiger partial charge in [0.2, 0.25) is 5.82 Å². The molecule has 0 saturated carbocycles. The van der Waals surface area contributed by atoms with Crippen LogP contribution in [0.1, 0.15) is 27.6 Å². The first-order chi connectivity index (χ1) is 12.0. The molecule has 3 aromatic heterocycles. The second-order valence-corrected chi connectivity index (χ2v) is 6.05. The van der Waals surface area contributed by atoms with E-state index in [0.717, 1.165) is 22.3 Å². The molecule has 0 aromatic carbocycles. The predicted octanol–water partition coefficient (Wildman–Crippen LogP) is 2.03. The smallest absolute Gasteiger partial charge is 0.289 e. The third-order valence-corrected chi connectivity index (χ3v) is 3.76. The van der Waals surface area contributed by atoms with Crippen molar-refractivity contribution in [3.05, 3.63) is 53.2 Å². The second kappa shape index (κ2) is 6.80. The van der Waals surface area contributed by atoms with Crippen molar-refractivity contribution in [3.8, 4) is 0 Å². The topological polar surface area (TPSA) is 83.9 Å². The van der Waals surface area contributed by atoms with Crippen LogP contribution < -0.4 is 10.2 Å². The monoisotopic (exact) mass is 336 g/mol. The molecule has 0 fully saturated rings. The number of aryl methyl sites for hydroxylation is 2. The number of carbonyl (C=O) groups excluding carboxylic acids is 1. The molecule has 3 rings (SSSR count). The molecule has 0 spiro atoms. The van der Waals surface area contributed by atoms with Crippen molar-refractivity contribution < 1.29 is 4.79 Å². The van der Waals surface area contributed by atoms with Crippen LogP contribution in [-0.4, -0.2) is 39.9 Å². The van der Waals surface area contributed by atoms with Crippen LogP contribution in [0.2, 0.25) is 0 Å². The third-order valence-electron chi connectivity index (χ3n) is 3.76. The quantitative estimate of drug-likeness (QED) is 0.785. The van der Waals surface area contributed by atoms with Gasteiger partial charge in [-0.2, -0.15) is 0 Å². The van der Waals surface area contributed by atoms with E-state index in [1.54, 1.807) is 6.20 Å². The number of carbonyl (C=O) groups is 1. The summed E-state index contributed by atoms with van der Waals surface area (Å²) in [5.74, 6) is 0.430. The summed E-state index contributed by atoms with van der Waals surface area (Å²) in [7, 11) is 3.77. The van der Waals surface area contributed by atoms with Gasteiger partial charge in [-0.05, 0) is 37.6 Å². The van der Waals surface area contributed by atoms with E-state index in [4.69, 9.17) is 0 Å². The molecule has 0 saturated heterocycles. The average Bonchev–Trinajstić information content (AvgIpc) is 2.59. The minimum Gasteiger partial charge on any atom is -0.362 e. The van der Waals surface area contributed by atoms with Gasteiger partial charge < -0.3 is 10.2 Å². The summed E-state index contributed by atoms with van der Waals surface area (Å²) in [6, 6.07) is 7.54. The zero-order valence-electron chi connectivity index (χ0n) is 14.7. The van der Waals surface area contributed by atoms with Gasteiger partial charge in [-0.3, -0.25) is 9.78 Å². The lowest BCUT2D eigenvalue weighted by atomic mass is 10.1. The Morgan fingerprint density at radius 3 is 2.64 bits per heavy atom. The average molecular weight is 336 g/mol. The first-order valence-corrected chi connectivity index (χ1v) is 7.97. The number of hydrogen-bond acceptors (Lipinski definition) is 6. The fourth-order valence-electron chi connectivity index (χ4n) is 2.63. The Morgan fingerprint density at radius 1 is 1.16 bits per heavy atom. The SMILES string of the molecule is Cc1cc(C)c2c(N(C)C)nc(C(=O)NCc3ccccn3)nc2n1. The number of hydrogen-bond donors (Lipinski definition) is 1. The molecule has 0 bridgehead atoms. The van der Waals surface area contributed by atoms with Crippen molar-refractivity contribution in [1.29, 1.82) is 0 Å². The zero-order valence-corrected chi connectivity index (χ0v) is 14.7. The van der Waals surface area contributed by atoms with Crippen LogP contribution >= 0.6 is 0 Å². The van der Waals surface area contributed by atoms with Gasteiger partial charge in [0.15, 0.2) is 5.65 Å². The first-order valence-electron chi connectivity index (χ1n) is 7.97. The van der Waals surface area contributed by atoms with E-state index in [2.05, 4.69) is 25.3 Å². The molecule has 0 aliphatic heterocycles. The highest BCUT2D eigenvalue weighted by Gasteiger charge is 2.17. The number of amides is 1. The van der Waals surface area contributed by atoms with Crippen LogP contribution in [-0.2, 0) is 6.54 Å². The lowest BCUT2D eigenvalue weighted by molar-refractivity contribution is 0.0940. The summed E-state index contributed by atoms with van der Waals surface area (Å²) in [5, 5.41) is 3.66. The Labute approximate surface area is 146 Å². The summed E-state index contributed by atoms with van der Waals surface area (Å²) < 4.78 is 0. The van der Waals surface area contributed by atoms with Gasteiger partial charge in [0, 0.05) is 26.0 Å². The fraction of sp³-hybridized carbons (Fsp3) is 0.278. The number of fused-ring (bicyclic) bond motifs is 1. The summed E-state index contributed by atoms with van der Waals surface area (Å²) in [4.78, 5) is 31.8. The molecule has 7 nitrogen and oxygen atoms in total. The number of nitrogens with zero attached hydrogens (tertiary/aromatic N) is 5. The maximum atomic E-state index is 12.5. The molecule has 0 radical (unpaired) electrons. The number of aromatic nitrogens is 4. The molecular formula is C18H20N6O. The molecule has 3 heterocycles. The maximum Gasteiger partial charge on any atom is 0.289 e. The Hall–Kier alpha value is -3.09. The third kappa shape index (κ3) is 3.55. The fourth-order valence-corrected chi connectivity index (χ4v) is 2.63. The van der Waals surface area contributed by atoms with E-state index < -0.39 is 0 Å². The summed E-state index contributed by atoms with van der Waals surface area (Å²) in [5.41, 5.74) is 3.19. The highest BCUT2D eigenvalue weighted by molar-refractivity contribution is 5.96. The normalized spacial score (nSPS) is 10.7. The lowest BCUT2D eigenvalue weighted by Crippen LogP contribution is -2.26. The molecule has 128 valence electrons. The van der Waals surface area contributed by atoms with Crippen LogP contribution in [0.4, 0.5) is 5.82 Å². The zero-order chi connectivity index (χ0) is 18.0. The molecule has 0 unspecified atom stereocenters. The van der Waals surface area contributed by atoms with Crippen LogP contribution in [0.5, 0.6) is 0 Å². The van der Waals surface area contributed by atoms with Crippen molar-refractivity contribution in [2.45, 2.75) is 20.4 Å². The predicted molar refractivity (Wildman–Crippen MR) is 96.5 cm³/mol. The molecule has 7 heteroatoms. The van der Waals surface area contributed by atoms with Crippen molar-refractivity contribution in [1.82, 2.24) is 25.3 Å². The van der Waals surface area contributed by atoms with Gasteiger partial charge >= 0.3 is 0 Å². The van der Waals surface area contributed by atoms with Crippen molar-refractivity contribution in [3.63, 3.8) is 0 Å². The number of anilines is 1. The molecule has 3 aromatic rings. The minimum absolute atomic E-state index is 0.102. The summed E-state index contributed by atoms with van der Waals surface area (Å²) in [6.45, 7) is 4.22. The van der Waals surface area contributed by atoms with E-state index in [9.17, 15) is 4.79 Å². The van der Waals surface area contributed by atoms with Gasteiger partial charge in [-0.1, -0.05) is 6.07 Å². The highest BCUT2D eigenvalue weighted by Crippen LogP contribution is 2.25. The van der Waals surface area contributed by atoms with Crippen molar-refractivity contribution in [2.75, 3.05) is 19.0 Å². The largest absolute Gasteiger partial charge is 0.362 e. The second-order valence-electron chi connectivity index (χ2n) is 6.05. The van der Waals surface area contributed by atoms with Gasteiger partial charge in [0.05, 0.1) is 17.6 Å².